The van der Waals surface area contributed by atoms with Crippen molar-refractivity contribution in [1.29, 1.82) is 0 Å². The number of aryl methyl sites for hydroxylation is 1. The van der Waals surface area contributed by atoms with Crippen LogP contribution in [0.25, 0.3) is 10.9 Å². The van der Waals surface area contributed by atoms with Crippen LogP contribution < -0.4 is 14.8 Å². The lowest BCUT2D eigenvalue weighted by molar-refractivity contribution is -0.115. The summed E-state index contributed by atoms with van der Waals surface area (Å²) < 4.78 is 13.3. The number of fused-ring (bicyclic) bond motifs is 2. The van der Waals surface area contributed by atoms with Gasteiger partial charge in [0.25, 0.3) is 0 Å². The third-order valence-electron chi connectivity index (χ3n) is 4.49. The Hall–Kier alpha value is -2.95. The summed E-state index contributed by atoms with van der Waals surface area (Å²) in [7, 11) is 0. The van der Waals surface area contributed by atoms with Gasteiger partial charge in [-0.05, 0) is 48.4 Å². The topological polar surface area (TPSA) is 52.5 Å². The second kappa shape index (κ2) is 7.12. The lowest BCUT2D eigenvalue weighted by atomic mass is 10.1. The summed E-state index contributed by atoms with van der Waals surface area (Å²) in [5, 5.41) is 4.12. The van der Waals surface area contributed by atoms with Gasteiger partial charge in [-0.3, -0.25) is 4.79 Å². The Bertz CT molecular complexity index is 946. The highest BCUT2D eigenvalue weighted by Gasteiger charge is 2.13. The maximum absolute atomic E-state index is 12.4. The molecule has 5 heteroatoms. The average molecular weight is 350 g/mol. The van der Waals surface area contributed by atoms with E-state index in [1.54, 1.807) is 0 Å². The fraction of sp³-hybridized carbons (Fsp3) is 0.286. The lowest BCUT2D eigenvalue weighted by Crippen LogP contribution is -2.17. The van der Waals surface area contributed by atoms with Crippen LogP contribution in [0.2, 0.25) is 0 Å². The number of aromatic nitrogens is 1. The molecule has 0 aliphatic carbocycles. The van der Waals surface area contributed by atoms with Crippen molar-refractivity contribution in [3.63, 3.8) is 0 Å². The first kappa shape index (κ1) is 16.5. The number of nitrogens with zero attached hydrogens (tertiary/aromatic N) is 1. The van der Waals surface area contributed by atoms with Crippen molar-refractivity contribution in [1.82, 2.24) is 4.57 Å². The monoisotopic (exact) mass is 350 g/mol. The second-order valence-electron chi connectivity index (χ2n) is 6.49. The van der Waals surface area contributed by atoms with Crippen molar-refractivity contribution in [2.75, 3.05) is 18.5 Å². The van der Waals surface area contributed by atoms with Crippen molar-refractivity contribution in [3.8, 4) is 11.5 Å². The zero-order valence-corrected chi connectivity index (χ0v) is 14.8. The van der Waals surface area contributed by atoms with Crippen molar-refractivity contribution >= 4 is 22.5 Å². The Balaban J connectivity index is 1.45. The largest absolute Gasteiger partial charge is 0.486 e. The van der Waals surface area contributed by atoms with Gasteiger partial charge in [-0.25, -0.2) is 0 Å². The molecule has 2 aromatic carbocycles. The van der Waals surface area contributed by atoms with Crippen LogP contribution in [0.3, 0.4) is 0 Å². The van der Waals surface area contributed by atoms with Gasteiger partial charge in [0.05, 0.1) is 6.42 Å². The van der Waals surface area contributed by atoms with Crippen molar-refractivity contribution in [2.24, 2.45) is 0 Å². The van der Waals surface area contributed by atoms with Crippen LogP contribution in [0, 0.1) is 0 Å². The molecule has 3 aromatic rings. The van der Waals surface area contributed by atoms with Crippen LogP contribution in [0.5, 0.6) is 11.5 Å². The van der Waals surface area contributed by atoms with Crippen LogP contribution in [-0.4, -0.2) is 23.7 Å². The maximum Gasteiger partial charge on any atom is 0.228 e. The number of benzene rings is 2. The summed E-state index contributed by atoms with van der Waals surface area (Å²) in [6.07, 6.45) is 3.48. The van der Waals surface area contributed by atoms with Gasteiger partial charge in [-0.15, -0.1) is 0 Å². The Morgan fingerprint density at radius 2 is 1.92 bits per heavy atom. The van der Waals surface area contributed by atoms with Crippen molar-refractivity contribution in [3.05, 3.63) is 54.2 Å². The van der Waals surface area contributed by atoms with Gasteiger partial charge < -0.3 is 19.4 Å². The molecule has 1 aliphatic rings. The Morgan fingerprint density at radius 3 is 2.77 bits per heavy atom. The number of nitrogens with one attached hydrogen (secondary N) is 1. The summed E-state index contributed by atoms with van der Waals surface area (Å²) >= 11 is 0. The molecule has 0 unspecified atom stereocenters. The number of rotatable bonds is 5. The highest BCUT2D eigenvalue weighted by atomic mass is 16.6. The Morgan fingerprint density at radius 1 is 1.08 bits per heavy atom. The number of ether oxygens (including phenoxy) is 2. The number of amides is 1. The molecule has 0 bridgehead atoms. The fourth-order valence-electron chi connectivity index (χ4n) is 3.30. The smallest absolute Gasteiger partial charge is 0.228 e. The molecule has 0 radical (unpaired) electrons. The lowest BCUT2D eigenvalue weighted by Gasteiger charge is -2.18. The minimum atomic E-state index is -0.0472. The van der Waals surface area contributed by atoms with Crippen LogP contribution in [0.15, 0.2) is 48.7 Å². The SMILES string of the molecule is CCCn1ccc2cc(NC(=O)Cc3ccc4c(c3)OCCO4)ccc21. The van der Waals surface area contributed by atoms with E-state index >= 15 is 0 Å². The molecule has 1 N–H and O–H groups in total. The maximum atomic E-state index is 12.4. The Kier molecular flexibility index (Phi) is 4.52. The summed E-state index contributed by atoms with van der Waals surface area (Å²) in [4.78, 5) is 12.4. The molecule has 0 saturated heterocycles. The highest BCUT2D eigenvalue weighted by molar-refractivity contribution is 5.95. The molecule has 0 fully saturated rings. The van der Waals surface area contributed by atoms with Crippen LogP contribution in [0.1, 0.15) is 18.9 Å². The van der Waals surface area contributed by atoms with Gasteiger partial charge in [0.2, 0.25) is 5.91 Å². The highest BCUT2D eigenvalue weighted by Crippen LogP contribution is 2.31. The zero-order valence-electron chi connectivity index (χ0n) is 14.8. The van der Waals surface area contributed by atoms with Gasteiger partial charge in [-0.1, -0.05) is 13.0 Å². The van der Waals surface area contributed by atoms with Crippen LogP contribution in [0.4, 0.5) is 5.69 Å². The predicted octanol–water partition coefficient (Wildman–Crippen LogP) is 4.00. The van der Waals surface area contributed by atoms with E-state index in [1.807, 2.05) is 30.3 Å². The molecular weight excluding hydrogens is 328 g/mol. The predicted molar refractivity (Wildman–Crippen MR) is 102 cm³/mol. The van der Waals surface area contributed by atoms with Crippen LogP contribution in [-0.2, 0) is 17.8 Å². The quantitative estimate of drug-likeness (QED) is 0.757. The van der Waals surface area contributed by atoms with E-state index in [2.05, 4.69) is 35.1 Å². The number of anilines is 1. The summed E-state index contributed by atoms with van der Waals surface area (Å²) in [5.74, 6) is 1.40. The molecule has 1 aliphatic heterocycles. The van der Waals surface area contributed by atoms with E-state index in [4.69, 9.17) is 9.47 Å². The number of carbonyl (C=O) groups is 1. The van der Waals surface area contributed by atoms with E-state index in [0.29, 0.717) is 25.4 Å². The zero-order chi connectivity index (χ0) is 17.9. The Labute approximate surface area is 152 Å². The molecule has 0 atom stereocenters. The summed E-state index contributed by atoms with van der Waals surface area (Å²) in [6, 6.07) is 13.8. The van der Waals surface area contributed by atoms with Gasteiger partial charge in [-0.2, -0.15) is 0 Å². The number of carbonyl (C=O) groups excluding carboxylic acids is 1. The number of hydrogen-bond donors (Lipinski definition) is 1. The molecular formula is C21H22N2O3. The minimum absolute atomic E-state index is 0.0472. The van der Waals surface area contributed by atoms with Crippen molar-refractivity contribution in [2.45, 2.75) is 26.3 Å². The van der Waals surface area contributed by atoms with Gasteiger partial charge in [0.1, 0.15) is 13.2 Å². The van der Waals surface area contributed by atoms with Gasteiger partial charge in [0.15, 0.2) is 11.5 Å². The number of hydrogen-bond acceptors (Lipinski definition) is 3. The second-order valence-corrected chi connectivity index (χ2v) is 6.49. The molecule has 134 valence electrons. The first-order valence-electron chi connectivity index (χ1n) is 9.00. The van der Waals surface area contributed by atoms with E-state index < -0.39 is 0 Å². The van der Waals surface area contributed by atoms with Gasteiger partial charge in [0, 0.05) is 29.3 Å². The van der Waals surface area contributed by atoms with E-state index in [1.165, 1.54) is 5.52 Å². The molecule has 0 spiro atoms. The first-order chi connectivity index (χ1) is 12.7. The summed E-state index contributed by atoms with van der Waals surface area (Å²) in [5.41, 5.74) is 2.91. The van der Waals surface area contributed by atoms with E-state index in [9.17, 15) is 4.79 Å². The molecule has 26 heavy (non-hydrogen) atoms. The molecule has 4 rings (SSSR count). The molecule has 5 nitrogen and oxygen atoms in total. The van der Waals surface area contributed by atoms with Crippen LogP contribution >= 0.6 is 0 Å². The van der Waals surface area contributed by atoms with E-state index in [-0.39, 0.29) is 5.91 Å². The fourth-order valence-corrected chi connectivity index (χ4v) is 3.30. The summed E-state index contributed by atoms with van der Waals surface area (Å²) in [6.45, 7) is 4.27. The molecule has 1 amide bonds. The molecule has 1 aromatic heterocycles. The normalized spacial score (nSPS) is 13.0. The van der Waals surface area contributed by atoms with Crippen molar-refractivity contribution < 1.29 is 14.3 Å². The molecule has 0 saturated carbocycles. The van der Waals surface area contributed by atoms with E-state index in [0.717, 1.165) is 35.4 Å². The minimum Gasteiger partial charge on any atom is -0.486 e. The molecule has 2 heterocycles. The third-order valence-corrected chi connectivity index (χ3v) is 4.49. The standard InChI is InChI=1S/C21H22N2O3/c1-2-8-23-9-7-16-14-17(4-5-18(16)23)22-21(24)13-15-3-6-19-20(12-15)26-11-10-25-19/h3-7,9,12,14H,2,8,10-11,13H2,1H3,(H,22,24). The third kappa shape index (κ3) is 3.38. The van der Waals surface area contributed by atoms with Gasteiger partial charge >= 0.3 is 0 Å². The first-order valence-corrected chi connectivity index (χ1v) is 9.00. The average Bonchev–Trinajstić information content (AvgIpc) is 3.04.